The van der Waals surface area contributed by atoms with Crippen molar-refractivity contribution in [2.75, 3.05) is 26.2 Å². The van der Waals surface area contributed by atoms with Gasteiger partial charge in [0.25, 0.3) is 0 Å². The minimum absolute atomic E-state index is 0.0610. The van der Waals surface area contributed by atoms with Crippen molar-refractivity contribution in [1.29, 1.82) is 0 Å². The molecule has 9 heteroatoms. The van der Waals surface area contributed by atoms with Crippen LogP contribution in [0.5, 0.6) is 0 Å². The molecule has 2 aliphatic heterocycles. The number of hydrogen-bond acceptors (Lipinski definition) is 6. The number of nitrogens with two attached hydrogens (primary N) is 1. The van der Waals surface area contributed by atoms with E-state index < -0.39 is 17.4 Å². The molecule has 1 aliphatic carbocycles. The van der Waals surface area contributed by atoms with E-state index in [-0.39, 0.29) is 17.7 Å². The monoisotopic (exact) mass is 631 g/mol. The molecule has 2 bridgehead atoms. The fraction of sp³-hybridized carbons (Fsp3) is 0.583. The van der Waals surface area contributed by atoms with Crippen molar-refractivity contribution in [3.05, 3.63) is 45.8 Å². The Hall–Kier alpha value is -3.01. The number of primary amides is 1. The number of nitrogens with zero attached hydrogens (tertiary/aromatic N) is 1. The van der Waals surface area contributed by atoms with Gasteiger partial charge in [0.15, 0.2) is 0 Å². The van der Waals surface area contributed by atoms with Gasteiger partial charge in [0, 0.05) is 34.7 Å². The molecule has 0 spiro atoms. The third-order valence-corrected chi connectivity index (χ3v) is 12.2. The number of carbonyl (C=O) groups excluding carboxylic acids is 3. The normalized spacial score (nSPS) is 23.1. The maximum Gasteiger partial charge on any atom is 0.239 e. The number of rotatable bonds is 11. The van der Waals surface area contributed by atoms with Gasteiger partial charge in [0.1, 0.15) is 16.7 Å². The molecule has 3 aliphatic rings. The highest BCUT2D eigenvalue weighted by Gasteiger charge is 2.50. The summed E-state index contributed by atoms with van der Waals surface area (Å²) in [6, 6.07) is 8.74. The molecule has 2 amide bonds. The third kappa shape index (κ3) is 6.23. The molecule has 5 N–H and O–H groups in total. The van der Waals surface area contributed by atoms with Gasteiger partial charge < -0.3 is 26.3 Å². The van der Waals surface area contributed by atoms with E-state index in [1.165, 1.54) is 33.3 Å². The summed E-state index contributed by atoms with van der Waals surface area (Å²) in [5, 5.41) is 7.65. The molecule has 6 rings (SSSR count). The van der Waals surface area contributed by atoms with Gasteiger partial charge in [-0.1, -0.05) is 24.1 Å². The fourth-order valence-electron chi connectivity index (χ4n) is 8.09. The lowest BCUT2D eigenvalue weighted by molar-refractivity contribution is -0.131. The zero-order chi connectivity index (χ0) is 32.0. The average molecular weight is 632 g/mol. The highest BCUT2D eigenvalue weighted by molar-refractivity contribution is 7.19. The summed E-state index contributed by atoms with van der Waals surface area (Å²) in [4.78, 5) is 46.9. The highest BCUT2D eigenvalue weighted by Crippen LogP contribution is 2.45. The Morgan fingerprint density at radius 3 is 2.36 bits per heavy atom. The first-order valence-corrected chi connectivity index (χ1v) is 17.6. The van der Waals surface area contributed by atoms with Crippen LogP contribution in [0.15, 0.2) is 24.3 Å². The average Bonchev–Trinajstić information content (AvgIpc) is 3.78. The molecule has 0 radical (unpaired) electrons. The van der Waals surface area contributed by atoms with E-state index in [4.69, 9.17) is 5.73 Å². The smallest absolute Gasteiger partial charge is 0.239 e. The first-order chi connectivity index (χ1) is 21.5. The van der Waals surface area contributed by atoms with Crippen molar-refractivity contribution in [3.8, 4) is 11.3 Å². The van der Waals surface area contributed by atoms with Crippen molar-refractivity contribution in [2.45, 2.75) is 90.6 Å². The number of aromatic nitrogens is 1. The van der Waals surface area contributed by atoms with E-state index in [9.17, 15) is 14.4 Å². The number of amides is 2. The van der Waals surface area contributed by atoms with Gasteiger partial charge in [-0.25, -0.2) is 0 Å². The lowest BCUT2D eigenvalue weighted by Crippen LogP contribution is -2.48. The number of H-pyrrole nitrogens is 1. The van der Waals surface area contributed by atoms with E-state index in [0.717, 1.165) is 68.0 Å². The van der Waals surface area contributed by atoms with Crippen LogP contribution in [-0.4, -0.2) is 65.7 Å². The zero-order valence-electron chi connectivity index (χ0n) is 27.4. The summed E-state index contributed by atoms with van der Waals surface area (Å²) in [6.45, 7) is 13.9. The van der Waals surface area contributed by atoms with Crippen molar-refractivity contribution in [2.24, 2.45) is 23.5 Å². The molecule has 1 aromatic carbocycles. The summed E-state index contributed by atoms with van der Waals surface area (Å²) in [6.07, 6.45) is 5.19. The van der Waals surface area contributed by atoms with Gasteiger partial charge in [0.05, 0.1) is 11.1 Å². The molecule has 4 heterocycles. The van der Waals surface area contributed by atoms with E-state index in [2.05, 4.69) is 72.5 Å². The van der Waals surface area contributed by atoms with Gasteiger partial charge in [-0.2, -0.15) is 0 Å². The Morgan fingerprint density at radius 2 is 1.78 bits per heavy atom. The third-order valence-electron chi connectivity index (χ3n) is 10.8. The molecule has 4 unspecified atom stereocenters. The molecular formula is C36H49N5O3S. The van der Waals surface area contributed by atoms with Crippen molar-refractivity contribution in [1.82, 2.24) is 20.5 Å². The van der Waals surface area contributed by atoms with Crippen LogP contribution in [0, 0.1) is 31.6 Å². The molecule has 8 nitrogen and oxygen atoms in total. The first kappa shape index (κ1) is 32.0. The molecule has 242 valence electrons. The number of fused-ring (bicyclic) bond motifs is 3. The number of likely N-dealkylation sites (tertiary alicyclic amines) is 1. The van der Waals surface area contributed by atoms with Crippen LogP contribution < -0.4 is 16.4 Å². The number of hydrogen-bond donors (Lipinski definition) is 4. The first-order valence-electron chi connectivity index (χ1n) is 16.8. The summed E-state index contributed by atoms with van der Waals surface area (Å²) in [5.41, 5.74) is 11.1. The van der Waals surface area contributed by atoms with Gasteiger partial charge in [0.2, 0.25) is 11.8 Å². The molecule has 4 atom stereocenters. The lowest BCUT2D eigenvalue weighted by Gasteiger charge is -2.32. The fourth-order valence-corrected chi connectivity index (χ4v) is 9.29. The van der Waals surface area contributed by atoms with Crippen LogP contribution in [0.4, 0.5) is 0 Å². The summed E-state index contributed by atoms with van der Waals surface area (Å²) < 4.78 is 0. The number of ketones is 1. The molecule has 3 aromatic rings. The maximum atomic E-state index is 14.0. The molecular weight excluding hydrogens is 582 g/mol. The van der Waals surface area contributed by atoms with Crippen LogP contribution in [0.1, 0.15) is 74.4 Å². The number of piperidine rings is 2. The van der Waals surface area contributed by atoms with Crippen molar-refractivity contribution >= 4 is 39.2 Å². The van der Waals surface area contributed by atoms with Gasteiger partial charge in [-0.3, -0.25) is 14.4 Å². The lowest BCUT2D eigenvalue weighted by atomic mass is 9.76. The Balaban J connectivity index is 1.22. The SMILES string of the molecule is CCC(NC(=O)C1CCN(CCc2c(-c3cc(C)cc(C)c3)[nH]c3sc(C(C)(C)C(=O)C4C5CCC4NC5)cc23)CC1)C(N)=O. The molecule has 2 saturated heterocycles. The van der Waals surface area contributed by atoms with Crippen LogP contribution in [0.2, 0.25) is 0 Å². The maximum absolute atomic E-state index is 14.0. The predicted octanol–water partition coefficient (Wildman–Crippen LogP) is 4.99. The van der Waals surface area contributed by atoms with Crippen LogP contribution in [0.3, 0.4) is 0 Å². The minimum atomic E-state index is -0.601. The van der Waals surface area contributed by atoms with E-state index in [0.29, 0.717) is 24.2 Å². The van der Waals surface area contributed by atoms with E-state index >= 15 is 0 Å². The van der Waals surface area contributed by atoms with Crippen LogP contribution in [0.25, 0.3) is 21.5 Å². The second-order valence-corrected chi connectivity index (χ2v) is 15.4. The van der Waals surface area contributed by atoms with Crippen LogP contribution >= 0.6 is 11.3 Å². The number of carbonyl (C=O) groups is 3. The molecule has 45 heavy (non-hydrogen) atoms. The summed E-state index contributed by atoms with van der Waals surface area (Å²) >= 11 is 1.74. The summed E-state index contributed by atoms with van der Waals surface area (Å²) in [7, 11) is 0. The second kappa shape index (κ2) is 12.6. The predicted molar refractivity (Wildman–Crippen MR) is 181 cm³/mol. The topological polar surface area (TPSA) is 120 Å². The molecule has 3 fully saturated rings. The Morgan fingerprint density at radius 1 is 1.07 bits per heavy atom. The zero-order valence-corrected chi connectivity index (χ0v) is 28.2. The Kier molecular flexibility index (Phi) is 8.98. The number of benzene rings is 1. The quantitative estimate of drug-likeness (QED) is 0.238. The van der Waals surface area contributed by atoms with Gasteiger partial charge in [-0.05, 0) is 121 Å². The van der Waals surface area contributed by atoms with Crippen LogP contribution in [-0.2, 0) is 26.2 Å². The number of aromatic amines is 1. The minimum Gasteiger partial charge on any atom is -0.368 e. The van der Waals surface area contributed by atoms with E-state index in [1.807, 2.05) is 6.92 Å². The standard InChI is InChI=1S/C36H49N5O3S/c1-6-27(33(37)43)39-34(44)22-9-12-41(13-10-22)14-11-25-26-18-29(36(4,5)32(42)30-23-7-8-28(30)38-19-23)45-35(26)40-31(25)24-16-20(2)15-21(3)17-24/h15-18,22-23,27-28,30,38,40H,6-14,19H2,1-5H3,(H2,37,43)(H,39,44). The number of thiophene rings is 1. The number of Topliss-reactive ketones (excluding diaryl/α,β-unsaturated/α-hetero) is 1. The second-order valence-electron chi connectivity index (χ2n) is 14.3. The number of aryl methyl sites for hydroxylation is 2. The van der Waals surface area contributed by atoms with Crippen molar-refractivity contribution in [3.63, 3.8) is 0 Å². The number of nitrogens with one attached hydrogen (secondary N) is 3. The van der Waals surface area contributed by atoms with E-state index in [1.54, 1.807) is 11.3 Å². The molecule has 1 saturated carbocycles. The largest absolute Gasteiger partial charge is 0.368 e. The van der Waals surface area contributed by atoms with Gasteiger partial charge >= 0.3 is 0 Å². The highest BCUT2D eigenvalue weighted by atomic mass is 32.1. The Bertz CT molecular complexity index is 1560. The Labute approximate surface area is 270 Å². The van der Waals surface area contributed by atoms with Gasteiger partial charge in [-0.15, -0.1) is 11.3 Å². The molecule has 2 aromatic heterocycles. The van der Waals surface area contributed by atoms with Crippen molar-refractivity contribution < 1.29 is 14.4 Å². The summed E-state index contributed by atoms with van der Waals surface area (Å²) in [5.74, 6) is 0.350.